The Morgan fingerprint density at radius 2 is 1.05 bits per heavy atom. The summed E-state index contributed by atoms with van der Waals surface area (Å²) < 4.78 is 78.6. The highest BCUT2D eigenvalue weighted by molar-refractivity contribution is 5.75. The van der Waals surface area contributed by atoms with E-state index in [9.17, 15) is 36.7 Å². The van der Waals surface area contributed by atoms with Crippen molar-refractivity contribution < 1.29 is 65.2 Å². The number of carbonyl (C=O) groups excluding carboxylic acids is 4. The Labute approximate surface area is 239 Å². The Hall–Kier alpha value is -2.48. The molecule has 10 nitrogen and oxygen atoms in total. The lowest BCUT2D eigenvalue weighted by atomic mass is 9.91. The zero-order chi connectivity index (χ0) is 32.1. The van der Waals surface area contributed by atoms with Crippen LogP contribution < -0.4 is 0 Å². The number of halogens is 4. The zero-order valence-electron chi connectivity index (χ0n) is 25.2. The van der Waals surface area contributed by atoms with E-state index in [4.69, 9.17) is 18.9 Å². The second-order valence-corrected chi connectivity index (χ2v) is 10.0. The lowest BCUT2D eigenvalue weighted by Crippen LogP contribution is -2.27. The first-order chi connectivity index (χ1) is 18.8. The average Bonchev–Trinajstić information content (AvgIpc) is 2.86. The third kappa shape index (κ3) is 26.2. The normalized spacial score (nSPS) is 12.5. The Balaban J connectivity index is 0. The highest BCUT2D eigenvalue weighted by Gasteiger charge is 2.27. The molecule has 1 unspecified atom stereocenters. The first-order valence-electron chi connectivity index (χ1n) is 13.4. The van der Waals surface area contributed by atoms with Crippen LogP contribution in [-0.4, -0.2) is 88.6 Å². The van der Waals surface area contributed by atoms with E-state index < -0.39 is 42.0 Å². The molecular formula is C27H46F4O10. The summed E-state index contributed by atoms with van der Waals surface area (Å²) in [6.45, 7) is 9.33. The van der Waals surface area contributed by atoms with Crippen molar-refractivity contribution >= 4 is 23.9 Å². The molecule has 0 spiro atoms. The summed E-state index contributed by atoms with van der Waals surface area (Å²) in [4.78, 5) is 45.1. The quantitative estimate of drug-likeness (QED) is 0.0830. The summed E-state index contributed by atoms with van der Waals surface area (Å²) in [6, 6.07) is 0. The number of carbonyl (C=O) groups is 4. The molecule has 0 aliphatic rings. The molecule has 0 radical (unpaired) electrons. The number of alkyl halides is 4. The predicted molar refractivity (Wildman–Crippen MR) is 139 cm³/mol. The van der Waals surface area contributed by atoms with E-state index in [1.165, 1.54) is 0 Å². The second-order valence-electron chi connectivity index (χ2n) is 10.0. The number of rotatable bonds is 20. The van der Waals surface area contributed by atoms with Gasteiger partial charge in [-0.25, -0.2) is 27.2 Å². The van der Waals surface area contributed by atoms with E-state index in [1.807, 2.05) is 13.8 Å². The van der Waals surface area contributed by atoms with E-state index in [1.54, 1.807) is 20.8 Å². The maximum absolute atomic E-state index is 12.5. The molecule has 0 aromatic carbocycles. The van der Waals surface area contributed by atoms with Gasteiger partial charge in [0.2, 0.25) is 11.8 Å². The third-order valence-corrected chi connectivity index (χ3v) is 5.43. The van der Waals surface area contributed by atoms with E-state index in [0.717, 1.165) is 13.8 Å². The van der Waals surface area contributed by atoms with Crippen molar-refractivity contribution in [2.24, 2.45) is 11.3 Å². The molecule has 242 valence electrons. The SMILES string of the molecule is CCC(C)(C)C(=O)OCCOCC(=O)OCCC(C)(F)F.CCC(C)C(=O)OCCOCC(=O)OCCC(C)(F)F. The minimum Gasteiger partial charge on any atom is -0.464 e. The van der Waals surface area contributed by atoms with E-state index in [2.05, 4.69) is 9.47 Å². The van der Waals surface area contributed by atoms with Gasteiger partial charge in [-0.1, -0.05) is 20.8 Å². The van der Waals surface area contributed by atoms with Crippen LogP contribution >= 0.6 is 0 Å². The summed E-state index contributed by atoms with van der Waals surface area (Å²) in [5, 5.41) is 0. The molecule has 0 aromatic rings. The minimum atomic E-state index is -2.86. The van der Waals surface area contributed by atoms with Gasteiger partial charge < -0.3 is 28.4 Å². The molecule has 41 heavy (non-hydrogen) atoms. The van der Waals surface area contributed by atoms with E-state index in [0.29, 0.717) is 12.8 Å². The summed E-state index contributed by atoms with van der Waals surface area (Å²) in [5.41, 5.74) is -0.551. The second kappa shape index (κ2) is 21.3. The van der Waals surface area contributed by atoms with Crippen LogP contribution in [0.5, 0.6) is 0 Å². The monoisotopic (exact) mass is 606 g/mol. The van der Waals surface area contributed by atoms with Crippen molar-refractivity contribution in [2.75, 3.05) is 52.9 Å². The first kappa shape index (κ1) is 40.7. The smallest absolute Gasteiger partial charge is 0.332 e. The standard InChI is InChI=1S/C14H24F2O5.C13H22F2O5/c1-5-13(2,3)12(18)21-9-8-19-10-11(17)20-7-6-14(4,15)16;1-4-10(2)12(17)20-8-7-18-9-11(16)19-6-5-13(3,14)15/h5-10H2,1-4H3;10H,4-9H2,1-3H3. The predicted octanol–water partition coefficient (Wildman–Crippen LogP) is 4.75. The maximum atomic E-state index is 12.5. The molecule has 0 heterocycles. The first-order valence-corrected chi connectivity index (χ1v) is 13.4. The molecule has 0 saturated carbocycles. The third-order valence-electron chi connectivity index (χ3n) is 5.43. The van der Waals surface area contributed by atoms with Gasteiger partial charge >= 0.3 is 23.9 Å². The molecular weight excluding hydrogens is 560 g/mol. The van der Waals surface area contributed by atoms with Gasteiger partial charge in [0.1, 0.15) is 26.4 Å². The molecule has 0 aliphatic carbocycles. The Kier molecular flexibility index (Phi) is 21.1. The van der Waals surface area contributed by atoms with Gasteiger partial charge in [-0.15, -0.1) is 0 Å². The van der Waals surface area contributed by atoms with Gasteiger partial charge in [-0.2, -0.15) is 0 Å². The molecule has 0 amide bonds. The molecule has 1 atom stereocenters. The van der Waals surface area contributed by atoms with Crippen LogP contribution in [0.2, 0.25) is 0 Å². The molecule has 0 rings (SSSR count). The van der Waals surface area contributed by atoms with Crippen molar-refractivity contribution in [3.8, 4) is 0 Å². The topological polar surface area (TPSA) is 124 Å². The Bertz CT molecular complexity index is 764. The van der Waals surface area contributed by atoms with Crippen molar-refractivity contribution in [1.82, 2.24) is 0 Å². The number of hydrogen-bond donors (Lipinski definition) is 0. The van der Waals surface area contributed by atoms with Crippen LogP contribution in [0.3, 0.4) is 0 Å². The molecule has 0 bridgehead atoms. The molecule has 0 saturated heterocycles. The molecule has 0 aliphatic heterocycles. The van der Waals surface area contributed by atoms with Gasteiger partial charge in [-0.3, -0.25) is 9.59 Å². The lowest BCUT2D eigenvalue weighted by molar-refractivity contribution is -0.158. The molecule has 0 N–H and O–H groups in total. The summed E-state index contributed by atoms with van der Waals surface area (Å²) >= 11 is 0. The number of ether oxygens (including phenoxy) is 6. The van der Waals surface area contributed by atoms with Crippen LogP contribution in [0.25, 0.3) is 0 Å². The highest BCUT2D eigenvalue weighted by atomic mass is 19.3. The Morgan fingerprint density at radius 3 is 1.41 bits per heavy atom. The van der Waals surface area contributed by atoms with Gasteiger partial charge in [0, 0.05) is 12.8 Å². The fraction of sp³-hybridized carbons (Fsp3) is 0.852. The van der Waals surface area contributed by atoms with Crippen molar-refractivity contribution in [1.29, 1.82) is 0 Å². The van der Waals surface area contributed by atoms with Crippen molar-refractivity contribution in [2.45, 2.75) is 86.0 Å². The summed E-state index contributed by atoms with van der Waals surface area (Å²) in [6.07, 6.45) is 0.295. The van der Waals surface area contributed by atoms with Crippen LogP contribution in [0.1, 0.15) is 74.1 Å². The summed E-state index contributed by atoms with van der Waals surface area (Å²) in [7, 11) is 0. The van der Waals surface area contributed by atoms with Gasteiger partial charge in [-0.05, 0) is 40.5 Å². The van der Waals surface area contributed by atoms with Gasteiger partial charge in [0.15, 0.2) is 0 Å². The van der Waals surface area contributed by atoms with E-state index in [-0.39, 0.29) is 70.7 Å². The molecule has 0 aromatic heterocycles. The van der Waals surface area contributed by atoms with E-state index >= 15 is 0 Å². The van der Waals surface area contributed by atoms with Crippen molar-refractivity contribution in [3.63, 3.8) is 0 Å². The molecule has 0 fully saturated rings. The van der Waals surface area contributed by atoms with Crippen molar-refractivity contribution in [3.05, 3.63) is 0 Å². The minimum absolute atomic E-state index is 0.0303. The summed E-state index contributed by atoms with van der Waals surface area (Å²) in [5.74, 6) is -7.98. The molecule has 14 heteroatoms. The van der Waals surface area contributed by atoms with Crippen LogP contribution in [0, 0.1) is 11.3 Å². The van der Waals surface area contributed by atoms with Crippen LogP contribution in [0.4, 0.5) is 17.6 Å². The lowest BCUT2D eigenvalue weighted by Gasteiger charge is -2.20. The fourth-order valence-electron chi connectivity index (χ4n) is 2.13. The fourth-order valence-corrected chi connectivity index (χ4v) is 2.13. The van der Waals surface area contributed by atoms with Crippen LogP contribution in [0.15, 0.2) is 0 Å². The number of esters is 4. The highest BCUT2D eigenvalue weighted by Crippen LogP contribution is 2.21. The number of hydrogen-bond acceptors (Lipinski definition) is 10. The van der Waals surface area contributed by atoms with Gasteiger partial charge in [0.25, 0.3) is 0 Å². The zero-order valence-corrected chi connectivity index (χ0v) is 25.2. The van der Waals surface area contributed by atoms with Gasteiger partial charge in [0.05, 0.1) is 37.8 Å². The largest absolute Gasteiger partial charge is 0.464 e. The van der Waals surface area contributed by atoms with Crippen LogP contribution in [-0.2, 0) is 47.6 Å². The average molecular weight is 607 g/mol. The maximum Gasteiger partial charge on any atom is 0.332 e. The Morgan fingerprint density at radius 1 is 0.634 bits per heavy atom.